The third kappa shape index (κ3) is 6.21. The van der Waals surface area contributed by atoms with Crippen LogP contribution < -0.4 is 26.9 Å². The Morgan fingerprint density at radius 2 is 1.88 bits per heavy atom. The quantitative estimate of drug-likeness (QED) is 0.310. The van der Waals surface area contributed by atoms with Gasteiger partial charge in [0.1, 0.15) is 0 Å². The number of hydroxylamine groups is 1. The molecule has 0 saturated heterocycles. The van der Waals surface area contributed by atoms with Crippen LogP contribution in [0.4, 0.5) is 16.0 Å². The zero-order chi connectivity index (χ0) is 24.8. The molecule has 12 heteroatoms. The van der Waals surface area contributed by atoms with Gasteiger partial charge in [0.25, 0.3) is 0 Å². The lowest BCUT2D eigenvalue weighted by Gasteiger charge is -2.16. The molecule has 0 aliphatic carbocycles. The van der Waals surface area contributed by atoms with Gasteiger partial charge in [-0.3, -0.25) is 14.6 Å². The molecule has 3 rings (SSSR count). The lowest BCUT2D eigenvalue weighted by molar-refractivity contribution is -0.129. The number of halogens is 2. The molecule has 1 amide bonds. The van der Waals surface area contributed by atoms with Crippen molar-refractivity contribution in [2.24, 2.45) is 0 Å². The Bertz CT molecular complexity index is 1290. The minimum atomic E-state index is -0.911. The van der Waals surface area contributed by atoms with Crippen molar-refractivity contribution in [1.29, 1.82) is 0 Å². The number of aromatic nitrogens is 3. The van der Waals surface area contributed by atoms with Gasteiger partial charge >= 0.3 is 11.4 Å². The molecule has 0 bridgehead atoms. The molecule has 0 radical (unpaired) electrons. The molecule has 3 aromatic rings. The molecule has 0 atom stereocenters. The van der Waals surface area contributed by atoms with E-state index in [0.29, 0.717) is 10.6 Å². The Morgan fingerprint density at radius 3 is 2.50 bits per heavy atom. The number of carbonyl (C=O) groups is 1. The first-order valence-electron chi connectivity index (χ1n) is 10.3. The van der Waals surface area contributed by atoms with Crippen LogP contribution in [0, 0.1) is 5.82 Å². The van der Waals surface area contributed by atoms with Crippen molar-refractivity contribution in [3.8, 4) is 5.75 Å². The molecule has 180 valence electrons. The highest BCUT2D eigenvalue weighted by Crippen LogP contribution is 2.24. The normalized spacial score (nSPS) is 10.9. The molecule has 0 saturated carbocycles. The van der Waals surface area contributed by atoms with Crippen molar-refractivity contribution in [3.63, 3.8) is 0 Å². The van der Waals surface area contributed by atoms with Gasteiger partial charge in [-0.1, -0.05) is 23.7 Å². The number of nitrogens with one attached hydrogen (secondary N) is 2. The van der Waals surface area contributed by atoms with E-state index < -0.39 is 23.1 Å². The first kappa shape index (κ1) is 24.9. The summed E-state index contributed by atoms with van der Waals surface area (Å²) in [6.07, 6.45) is -0.538. The van der Waals surface area contributed by atoms with E-state index in [-0.39, 0.29) is 43.0 Å². The van der Waals surface area contributed by atoms with E-state index in [1.807, 2.05) is 0 Å². The summed E-state index contributed by atoms with van der Waals surface area (Å²) in [5.41, 5.74) is 0.707. The monoisotopic (exact) mass is 491 g/mol. The van der Waals surface area contributed by atoms with Gasteiger partial charge in [0, 0.05) is 29.7 Å². The molecule has 0 unspecified atom stereocenters. The van der Waals surface area contributed by atoms with Crippen molar-refractivity contribution >= 4 is 29.1 Å². The highest BCUT2D eigenvalue weighted by molar-refractivity contribution is 6.30. The fraction of sp³-hybridized carbons (Fsp3) is 0.273. The average Bonchev–Trinajstić information content (AvgIpc) is 2.79. The molecule has 3 N–H and O–H groups in total. The molecule has 34 heavy (non-hydrogen) atoms. The van der Waals surface area contributed by atoms with Gasteiger partial charge in [-0.15, -0.1) is 0 Å². The highest BCUT2D eigenvalue weighted by Gasteiger charge is 2.16. The number of benzene rings is 2. The van der Waals surface area contributed by atoms with E-state index in [4.69, 9.17) is 21.5 Å². The predicted molar refractivity (Wildman–Crippen MR) is 123 cm³/mol. The number of hydrogen-bond acceptors (Lipinski definition) is 7. The van der Waals surface area contributed by atoms with Gasteiger partial charge in [0.15, 0.2) is 11.6 Å². The fourth-order valence-corrected chi connectivity index (χ4v) is 3.18. The SMILES string of the molecule is CC(C)Oc1ccc(Nc2nc(=O)n(CCC(=O)NO)c(=O)n2Cc2ccc(Cl)cc2)cc1F. The minimum Gasteiger partial charge on any atom is -0.488 e. The van der Waals surface area contributed by atoms with E-state index in [9.17, 15) is 18.8 Å². The molecular weight excluding hydrogens is 469 g/mol. The second-order valence-corrected chi connectivity index (χ2v) is 8.02. The predicted octanol–water partition coefficient (Wildman–Crippen LogP) is 2.67. The number of amides is 1. The largest absolute Gasteiger partial charge is 0.488 e. The molecule has 10 nitrogen and oxygen atoms in total. The maximum Gasteiger partial charge on any atom is 0.354 e. The van der Waals surface area contributed by atoms with Crippen molar-refractivity contribution in [1.82, 2.24) is 19.6 Å². The Hall–Kier alpha value is -3.70. The standard InChI is InChI=1S/C22H23ClFN5O5/c1-13(2)34-18-8-7-16(11-17(18)24)25-20-26-21(31)28(10-9-19(30)27-33)22(32)29(20)12-14-3-5-15(23)6-4-14/h3-8,11,13,33H,9-10,12H2,1-2H3,(H,27,30)(H,25,26,31). The summed E-state index contributed by atoms with van der Waals surface area (Å²) in [6.45, 7) is 3.25. The van der Waals surface area contributed by atoms with Gasteiger partial charge in [-0.25, -0.2) is 24.0 Å². The van der Waals surface area contributed by atoms with Crippen LogP contribution in [-0.2, 0) is 17.9 Å². The van der Waals surface area contributed by atoms with Crippen LogP contribution in [0.5, 0.6) is 5.75 Å². The topological polar surface area (TPSA) is 127 Å². The molecule has 0 aliphatic heterocycles. The maximum absolute atomic E-state index is 14.4. The summed E-state index contributed by atoms with van der Waals surface area (Å²) in [5, 5.41) is 12.0. The lowest BCUT2D eigenvalue weighted by atomic mass is 10.2. The number of hydrogen-bond donors (Lipinski definition) is 3. The van der Waals surface area contributed by atoms with E-state index in [0.717, 1.165) is 10.6 Å². The number of nitrogens with zero attached hydrogens (tertiary/aromatic N) is 3. The van der Waals surface area contributed by atoms with Crippen molar-refractivity contribution < 1.29 is 19.1 Å². The van der Waals surface area contributed by atoms with Gasteiger partial charge in [0.2, 0.25) is 11.9 Å². The summed E-state index contributed by atoms with van der Waals surface area (Å²) in [7, 11) is 0. The molecule has 0 aliphatic rings. The van der Waals surface area contributed by atoms with Crippen LogP contribution in [0.2, 0.25) is 5.02 Å². The van der Waals surface area contributed by atoms with Crippen LogP contribution in [-0.4, -0.2) is 31.3 Å². The summed E-state index contributed by atoms with van der Waals surface area (Å²) >= 11 is 5.93. The minimum absolute atomic E-state index is 0.00877. The number of anilines is 2. The number of carbonyl (C=O) groups excluding carboxylic acids is 1. The van der Waals surface area contributed by atoms with Crippen LogP contribution in [0.1, 0.15) is 25.8 Å². The van der Waals surface area contributed by atoms with E-state index >= 15 is 0 Å². The number of ether oxygens (including phenoxy) is 1. The Labute approximate surface area is 198 Å². The molecule has 2 aromatic carbocycles. The molecule has 0 fully saturated rings. The maximum atomic E-state index is 14.4. The second kappa shape index (κ2) is 10.9. The smallest absolute Gasteiger partial charge is 0.354 e. The van der Waals surface area contributed by atoms with E-state index in [2.05, 4.69) is 10.3 Å². The Balaban J connectivity index is 2.01. The average molecular weight is 492 g/mol. The van der Waals surface area contributed by atoms with Gasteiger partial charge in [-0.05, 0) is 43.7 Å². The van der Waals surface area contributed by atoms with Gasteiger partial charge in [-0.2, -0.15) is 4.98 Å². The van der Waals surface area contributed by atoms with Crippen molar-refractivity contribution in [2.45, 2.75) is 39.5 Å². The van der Waals surface area contributed by atoms with Crippen LogP contribution in [0.25, 0.3) is 0 Å². The fourth-order valence-electron chi connectivity index (χ4n) is 3.06. The molecular formula is C22H23ClFN5O5. The molecule has 1 aromatic heterocycles. The Morgan fingerprint density at radius 1 is 1.18 bits per heavy atom. The van der Waals surface area contributed by atoms with Crippen LogP contribution in [0.15, 0.2) is 52.1 Å². The van der Waals surface area contributed by atoms with Gasteiger partial charge < -0.3 is 10.1 Å². The third-order valence-electron chi connectivity index (χ3n) is 4.64. The van der Waals surface area contributed by atoms with Crippen LogP contribution in [0.3, 0.4) is 0 Å². The van der Waals surface area contributed by atoms with Crippen LogP contribution >= 0.6 is 11.6 Å². The zero-order valence-electron chi connectivity index (χ0n) is 18.4. The second-order valence-electron chi connectivity index (χ2n) is 7.59. The number of rotatable bonds is 9. The van der Waals surface area contributed by atoms with E-state index in [1.54, 1.807) is 38.1 Å². The van der Waals surface area contributed by atoms with E-state index in [1.165, 1.54) is 22.2 Å². The van der Waals surface area contributed by atoms with Gasteiger partial charge in [0.05, 0.1) is 12.6 Å². The summed E-state index contributed by atoms with van der Waals surface area (Å²) in [4.78, 5) is 41.0. The summed E-state index contributed by atoms with van der Waals surface area (Å²) in [5.74, 6) is -1.46. The summed E-state index contributed by atoms with van der Waals surface area (Å²) < 4.78 is 21.8. The first-order chi connectivity index (χ1) is 16.2. The highest BCUT2D eigenvalue weighted by atomic mass is 35.5. The first-order valence-corrected chi connectivity index (χ1v) is 10.7. The zero-order valence-corrected chi connectivity index (χ0v) is 19.2. The summed E-state index contributed by atoms with van der Waals surface area (Å²) in [6, 6.07) is 10.8. The third-order valence-corrected chi connectivity index (χ3v) is 4.89. The van der Waals surface area contributed by atoms with Crippen molar-refractivity contribution in [2.75, 3.05) is 5.32 Å². The Kier molecular flexibility index (Phi) is 8.03. The molecule has 0 spiro atoms. The van der Waals surface area contributed by atoms with Crippen molar-refractivity contribution in [3.05, 3.63) is 79.8 Å². The molecule has 1 heterocycles. The lowest BCUT2D eigenvalue weighted by Crippen LogP contribution is -2.43.